The number of carboxylic acids is 1. The summed E-state index contributed by atoms with van der Waals surface area (Å²) in [5.74, 6) is -0.340. The highest BCUT2D eigenvalue weighted by Crippen LogP contribution is 2.27. The minimum Gasteiger partial charge on any atom is -0.478 e. The molecule has 0 amide bonds. The van der Waals surface area contributed by atoms with Crippen LogP contribution in [-0.4, -0.2) is 38.3 Å². The average molecular weight is 549 g/mol. The molecule has 3 aromatic carbocycles. The number of hydrogen-bond donors (Lipinski definition) is 1. The molecule has 41 heavy (non-hydrogen) atoms. The Hall–Kier alpha value is -5.07. The van der Waals surface area contributed by atoms with E-state index in [1.165, 1.54) is 12.1 Å². The van der Waals surface area contributed by atoms with E-state index < -0.39 is 11.8 Å². The number of benzene rings is 3. The molecule has 6 rings (SSSR count). The Morgan fingerprint density at radius 3 is 2.59 bits per heavy atom. The topological polar surface area (TPSA) is 90.8 Å². The van der Waals surface area contributed by atoms with Crippen molar-refractivity contribution in [3.05, 3.63) is 119 Å². The summed E-state index contributed by atoms with van der Waals surface area (Å²) in [6.07, 6.45) is 1.33. The highest BCUT2D eigenvalue weighted by molar-refractivity contribution is 5.92. The molecule has 1 fully saturated rings. The van der Waals surface area contributed by atoms with Crippen LogP contribution in [0, 0.1) is 12.4 Å². The van der Waals surface area contributed by atoms with Crippen molar-refractivity contribution in [1.82, 2.24) is 14.5 Å². The summed E-state index contributed by atoms with van der Waals surface area (Å²) in [5.41, 5.74) is 4.58. The number of carbonyl (C=O) groups is 1. The summed E-state index contributed by atoms with van der Waals surface area (Å²) in [6.45, 7) is 8.59. The lowest BCUT2D eigenvalue weighted by Crippen LogP contribution is -2.31. The maximum absolute atomic E-state index is 15.4. The molecule has 1 saturated heterocycles. The van der Waals surface area contributed by atoms with Crippen molar-refractivity contribution in [1.29, 1.82) is 0 Å². The smallest absolute Gasteiger partial charge is 0.335 e. The van der Waals surface area contributed by atoms with Gasteiger partial charge in [0.1, 0.15) is 18.2 Å². The Labute approximate surface area is 235 Å². The molecule has 1 N–H and O–H groups in total. The van der Waals surface area contributed by atoms with E-state index in [1.54, 1.807) is 48.5 Å². The zero-order chi connectivity index (χ0) is 28.3. The van der Waals surface area contributed by atoms with Crippen LogP contribution in [0.2, 0.25) is 0 Å². The van der Waals surface area contributed by atoms with Gasteiger partial charge in [-0.15, -0.1) is 0 Å². The molecule has 0 spiro atoms. The summed E-state index contributed by atoms with van der Waals surface area (Å²) in [4.78, 5) is 24.2. The Bertz CT molecular complexity index is 1790. The molecule has 1 atom stereocenters. The number of carboxylic acid groups (broad SMARTS) is 1. The van der Waals surface area contributed by atoms with Crippen LogP contribution in [-0.2, 0) is 24.3 Å². The van der Waals surface area contributed by atoms with Gasteiger partial charge in [0, 0.05) is 24.7 Å². The minimum atomic E-state index is -1.00. The van der Waals surface area contributed by atoms with Gasteiger partial charge in [-0.1, -0.05) is 36.4 Å². The second-order valence-electron chi connectivity index (χ2n) is 9.85. The van der Waals surface area contributed by atoms with Crippen molar-refractivity contribution in [2.24, 2.45) is 0 Å². The first-order valence-electron chi connectivity index (χ1n) is 13.2. The van der Waals surface area contributed by atoms with Crippen LogP contribution in [0.1, 0.15) is 33.7 Å². The van der Waals surface area contributed by atoms with Crippen LogP contribution in [0.3, 0.4) is 0 Å². The van der Waals surface area contributed by atoms with E-state index in [1.807, 2.05) is 22.8 Å². The van der Waals surface area contributed by atoms with Gasteiger partial charge in [0.15, 0.2) is 5.69 Å². The third-order valence-electron chi connectivity index (χ3n) is 7.10. The molecule has 0 bridgehead atoms. The van der Waals surface area contributed by atoms with Crippen LogP contribution in [0.15, 0.2) is 78.9 Å². The summed E-state index contributed by atoms with van der Waals surface area (Å²) >= 11 is 0. The Balaban J connectivity index is 1.22. The monoisotopic (exact) mass is 548 g/mol. The standard InChI is InChI=1S/C32H25FN4O4/c1-34-23-9-5-20(6-10-23)19-41-31-4-2-3-27(36-31)25-11-7-21(15-26(25)33)16-30-35-28-12-8-22(32(38)39)17-29(28)37(30)18-24-13-14-40-24/h2-12,15,17,24H,13-14,16,18-19H2,(H,38,39)/t24-/m0/s1. The third-order valence-corrected chi connectivity index (χ3v) is 7.10. The van der Waals surface area contributed by atoms with Crippen molar-refractivity contribution < 1.29 is 23.8 Å². The number of rotatable bonds is 9. The molecule has 9 heteroatoms. The van der Waals surface area contributed by atoms with Gasteiger partial charge >= 0.3 is 5.97 Å². The highest BCUT2D eigenvalue weighted by Gasteiger charge is 2.23. The zero-order valence-corrected chi connectivity index (χ0v) is 22.0. The third kappa shape index (κ3) is 5.64. The lowest BCUT2D eigenvalue weighted by Gasteiger charge is -2.27. The largest absolute Gasteiger partial charge is 0.478 e. The second kappa shape index (κ2) is 11.2. The molecular formula is C32H25FN4O4. The molecule has 5 aromatic rings. The summed E-state index contributed by atoms with van der Waals surface area (Å²) in [6, 6.07) is 22.2. The normalized spacial score (nSPS) is 14.4. The van der Waals surface area contributed by atoms with Crippen LogP contribution in [0.5, 0.6) is 5.88 Å². The number of aromatic carboxylic acids is 1. The first-order valence-corrected chi connectivity index (χ1v) is 13.2. The van der Waals surface area contributed by atoms with E-state index in [4.69, 9.17) is 21.0 Å². The SMILES string of the molecule is [C-]#[N+]c1ccc(COc2cccc(-c3ccc(Cc4nc5ccc(C(=O)O)cc5n4C[C@@H]4CCO4)cc3F)n2)cc1. The fourth-order valence-electron chi connectivity index (χ4n) is 4.80. The van der Waals surface area contributed by atoms with Gasteiger partial charge < -0.3 is 19.1 Å². The molecule has 2 aromatic heterocycles. The van der Waals surface area contributed by atoms with Gasteiger partial charge in [0.25, 0.3) is 0 Å². The number of ether oxygens (including phenoxy) is 2. The molecule has 0 radical (unpaired) electrons. The molecule has 0 saturated carbocycles. The van der Waals surface area contributed by atoms with Gasteiger partial charge in [-0.25, -0.2) is 24.0 Å². The number of fused-ring (bicyclic) bond motifs is 1. The number of imidazole rings is 1. The van der Waals surface area contributed by atoms with Crippen molar-refractivity contribution in [3.8, 4) is 17.1 Å². The predicted molar refractivity (Wildman–Crippen MR) is 151 cm³/mol. The van der Waals surface area contributed by atoms with Crippen molar-refractivity contribution in [2.45, 2.75) is 32.1 Å². The van der Waals surface area contributed by atoms with Gasteiger partial charge in [-0.2, -0.15) is 0 Å². The first-order chi connectivity index (χ1) is 20.0. The van der Waals surface area contributed by atoms with E-state index in [9.17, 15) is 9.90 Å². The lowest BCUT2D eigenvalue weighted by atomic mass is 10.1. The molecular weight excluding hydrogens is 523 g/mol. The quantitative estimate of drug-likeness (QED) is 0.213. The van der Waals surface area contributed by atoms with E-state index >= 15 is 4.39 Å². The number of halogens is 1. The molecule has 1 aliphatic rings. The van der Waals surface area contributed by atoms with Gasteiger partial charge in [0.05, 0.1) is 41.5 Å². The van der Waals surface area contributed by atoms with Crippen LogP contribution < -0.4 is 4.74 Å². The van der Waals surface area contributed by atoms with E-state index in [-0.39, 0.29) is 18.3 Å². The van der Waals surface area contributed by atoms with Gasteiger partial charge in [-0.3, -0.25) is 0 Å². The minimum absolute atomic E-state index is 0.0393. The van der Waals surface area contributed by atoms with Crippen molar-refractivity contribution >= 4 is 22.7 Å². The molecule has 204 valence electrons. The van der Waals surface area contributed by atoms with Crippen LogP contribution in [0.4, 0.5) is 10.1 Å². The van der Waals surface area contributed by atoms with E-state index in [2.05, 4.69) is 9.83 Å². The Morgan fingerprint density at radius 2 is 1.88 bits per heavy atom. The Kier molecular flexibility index (Phi) is 7.15. The van der Waals surface area contributed by atoms with E-state index in [0.29, 0.717) is 53.7 Å². The zero-order valence-electron chi connectivity index (χ0n) is 22.0. The fraction of sp³-hybridized carbons (Fsp3) is 0.188. The fourth-order valence-corrected chi connectivity index (χ4v) is 4.80. The molecule has 8 nitrogen and oxygen atoms in total. The number of aromatic nitrogens is 3. The first kappa shape index (κ1) is 26.2. The van der Waals surface area contributed by atoms with Crippen molar-refractivity contribution in [3.63, 3.8) is 0 Å². The number of nitrogens with zero attached hydrogens (tertiary/aromatic N) is 4. The van der Waals surface area contributed by atoms with Gasteiger partial charge in [0.2, 0.25) is 5.88 Å². The molecule has 0 aliphatic carbocycles. The average Bonchev–Trinajstić information content (AvgIpc) is 3.30. The molecule has 1 aliphatic heterocycles. The van der Waals surface area contributed by atoms with Crippen LogP contribution >= 0.6 is 0 Å². The summed E-state index contributed by atoms with van der Waals surface area (Å²) in [5, 5.41) is 9.47. The lowest BCUT2D eigenvalue weighted by molar-refractivity contribution is -0.0589. The molecule has 3 heterocycles. The maximum Gasteiger partial charge on any atom is 0.335 e. The van der Waals surface area contributed by atoms with Gasteiger partial charge in [-0.05, 0) is 53.9 Å². The van der Waals surface area contributed by atoms with Crippen molar-refractivity contribution in [2.75, 3.05) is 6.61 Å². The predicted octanol–water partition coefficient (Wildman–Crippen LogP) is 6.45. The second-order valence-corrected chi connectivity index (χ2v) is 9.85. The Morgan fingerprint density at radius 1 is 1.07 bits per heavy atom. The summed E-state index contributed by atoms with van der Waals surface area (Å²) < 4.78 is 28.8. The highest BCUT2D eigenvalue weighted by atomic mass is 19.1. The number of hydrogen-bond acceptors (Lipinski definition) is 5. The molecule has 0 unspecified atom stereocenters. The summed E-state index contributed by atoms with van der Waals surface area (Å²) in [7, 11) is 0. The van der Waals surface area contributed by atoms with Crippen LogP contribution in [0.25, 0.3) is 27.1 Å². The number of pyridine rings is 1. The van der Waals surface area contributed by atoms with E-state index in [0.717, 1.165) is 23.1 Å². The maximum atomic E-state index is 15.4.